The van der Waals surface area contributed by atoms with Crippen LogP contribution in [-0.2, 0) is 33.5 Å². The fourth-order valence-corrected chi connectivity index (χ4v) is 10.7. The van der Waals surface area contributed by atoms with Gasteiger partial charge in [-0.1, -0.05) is 49.3 Å². The number of nitrogens with one attached hydrogen (secondary N) is 1. The van der Waals surface area contributed by atoms with Gasteiger partial charge in [-0.2, -0.15) is 0 Å². The molecule has 3 aromatic rings. The highest BCUT2D eigenvalue weighted by Gasteiger charge is 2.44. The van der Waals surface area contributed by atoms with Gasteiger partial charge in [0.1, 0.15) is 21.2 Å². The molecule has 12 heteroatoms. The lowest BCUT2D eigenvalue weighted by Gasteiger charge is -2.46. The van der Waals surface area contributed by atoms with E-state index in [1.165, 1.54) is 34.7 Å². The van der Waals surface area contributed by atoms with Crippen molar-refractivity contribution in [1.29, 1.82) is 0 Å². The minimum Gasteiger partial charge on any atom is -0.490 e. The van der Waals surface area contributed by atoms with E-state index >= 15 is 0 Å². The van der Waals surface area contributed by atoms with E-state index < -0.39 is 21.7 Å². The van der Waals surface area contributed by atoms with E-state index in [-0.39, 0.29) is 34.6 Å². The summed E-state index contributed by atoms with van der Waals surface area (Å²) in [6.45, 7) is 6.25. The number of hydrogen-bond donors (Lipinski definition) is 1. The molecule has 0 saturated heterocycles. The predicted octanol–water partition coefficient (Wildman–Crippen LogP) is 6.19. The van der Waals surface area contributed by atoms with Crippen molar-refractivity contribution in [1.82, 2.24) is 14.5 Å². The number of carbonyl (C=O) groups excluding carboxylic acids is 2. The summed E-state index contributed by atoms with van der Waals surface area (Å²) in [5, 5.41) is 4.17. The number of amides is 2. The van der Waals surface area contributed by atoms with Gasteiger partial charge < -0.3 is 19.1 Å². The van der Waals surface area contributed by atoms with Gasteiger partial charge in [0.2, 0.25) is 5.88 Å². The summed E-state index contributed by atoms with van der Waals surface area (Å²) in [6.07, 6.45) is 12.3. The Labute approximate surface area is 307 Å². The number of aromatic nitrogens is 2. The third-order valence-corrected chi connectivity index (χ3v) is 13.5. The molecule has 11 nitrogen and oxygen atoms in total. The molecule has 7 rings (SSSR count). The Bertz CT molecular complexity index is 2000. The molecule has 278 valence electrons. The van der Waals surface area contributed by atoms with Gasteiger partial charge in [-0.25, -0.2) is 4.21 Å². The second kappa shape index (κ2) is 14.7. The zero-order chi connectivity index (χ0) is 36.6. The Morgan fingerprint density at radius 1 is 1.17 bits per heavy atom. The Kier molecular flexibility index (Phi) is 10.2. The number of aryl methyl sites for hydroxylation is 3. The van der Waals surface area contributed by atoms with Gasteiger partial charge in [0.05, 0.1) is 31.3 Å². The number of methoxy groups -OCH3 is 2. The average Bonchev–Trinajstić information content (AvgIpc) is 3.43. The first kappa shape index (κ1) is 36.2. The lowest BCUT2D eigenvalue weighted by atomic mass is 9.68. The van der Waals surface area contributed by atoms with E-state index in [2.05, 4.69) is 56.4 Å². The summed E-state index contributed by atoms with van der Waals surface area (Å²) in [5.41, 5.74) is 5.03. The van der Waals surface area contributed by atoms with E-state index in [0.29, 0.717) is 36.8 Å². The van der Waals surface area contributed by atoms with Crippen molar-refractivity contribution in [3.63, 3.8) is 0 Å². The second-order valence-corrected chi connectivity index (χ2v) is 17.1. The lowest BCUT2D eigenvalue weighted by molar-refractivity contribution is 0.0131. The van der Waals surface area contributed by atoms with Gasteiger partial charge >= 0.3 is 0 Å². The molecular formula is C40H51N5O6S. The third kappa shape index (κ3) is 7.11. The molecule has 2 aliphatic carbocycles. The molecule has 1 saturated carbocycles. The Morgan fingerprint density at radius 2 is 2.02 bits per heavy atom. The van der Waals surface area contributed by atoms with Crippen molar-refractivity contribution in [2.24, 2.45) is 29.2 Å². The summed E-state index contributed by atoms with van der Waals surface area (Å²) >= 11 is 0. The van der Waals surface area contributed by atoms with Crippen LogP contribution >= 0.6 is 0 Å². The van der Waals surface area contributed by atoms with Gasteiger partial charge in [0.15, 0.2) is 0 Å². The molecule has 1 unspecified atom stereocenters. The van der Waals surface area contributed by atoms with E-state index in [0.717, 1.165) is 56.6 Å². The SMILES string of the molecule is CC[C@H]1C/C=C/[C@H](OC)[C@@H]2CC[C@H]2CN2C[C@@]3(CCCc4cc(C)ccc43)COc3ccc(cc32)C(=O)N=S(=O)(NC(=O)c2cn(C)nc2OC)C1. The lowest BCUT2D eigenvalue weighted by Crippen LogP contribution is -2.49. The van der Waals surface area contributed by atoms with Crippen molar-refractivity contribution in [3.05, 3.63) is 82.6 Å². The highest BCUT2D eigenvalue weighted by molar-refractivity contribution is 7.92. The van der Waals surface area contributed by atoms with Crippen molar-refractivity contribution >= 4 is 27.4 Å². The zero-order valence-electron chi connectivity index (χ0n) is 30.9. The predicted molar refractivity (Wildman–Crippen MR) is 201 cm³/mol. The molecule has 1 spiro atoms. The monoisotopic (exact) mass is 729 g/mol. The third-order valence-electron chi connectivity index (χ3n) is 11.7. The fraction of sp³-hybridized carbons (Fsp3) is 0.525. The van der Waals surface area contributed by atoms with Crippen LogP contribution in [0.25, 0.3) is 0 Å². The highest BCUT2D eigenvalue weighted by atomic mass is 32.2. The van der Waals surface area contributed by atoms with Crippen molar-refractivity contribution in [2.45, 2.75) is 70.3 Å². The first-order valence-electron chi connectivity index (χ1n) is 18.5. The second-order valence-electron chi connectivity index (χ2n) is 15.1. The van der Waals surface area contributed by atoms with Crippen molar-refractivity contribution < 1.29 is 28.0 Å². The molecular weight excluding hydrogens is 679 g/mol. The number of allylic oxidation sites excluding steroid dienone is 1. The normalized spacial score (nSPS) is 29.4. The average molecular weight is 730 g/mol. The number of carbonyl (C=O) groups is 2. The van der Waals surface area contributed by atoms with E-state index in [1.807, 2.05) is 19.1 Å². The summed E-state index contributed by atoms with van der Waals surface area (Å²) in [5.74, 6) is 0.118. The summed E-state index contributed by atoms with van der Waals surface area (Å²) in [4.78, 5) is 30.1. The molecule has 2 bridgehead atoms. The number of anilines is 1. The maximum atomic E-state index is 14.7. The standard InChI is InChI=1S/C40H51N5O6S/c1-6-27-9-7-11-35(49-4)31-15-13-30(31)21-45-24-40(18-8-10-28-19-26(2)12-16-33(28)40)25-51-36-17-14-29(20-34(36)45)37(46)42-52(48,23-27)43-38(47)32-22-44(3)41-39(32)50-5/h7,11-12,14,16-17,19-20,22,27,30-31,35H,6,8-10,13,15,18,21,23-25H2,1-5H3,(H,42,43,46,47,48)/b11-7+/t27-,30-,31+,35-,40-,52?/m0/s1. The molecule has 6 atom stereocenters. The molecule has 2 amide bonds. The first-order valence-corrected chi connectivity index (χ1v) is 20.2. The van der Waals surface area contributed by atoms with Crippen LogP contribution in [0.2, 0.25) is 0 Å². The van der Waals surface area contributed by atoms with Gasteiger partial charge in [0, 0.05) is 44.4 Å². The van der Waals surface area contributed by atoms with Crippen LogP contribution in [-0.4, -0.2) is 71.6 Å². The first-order chi connectivity index (χ1) is 25.0. The number of hydrogen-bond acceptors (Lipinski definition) is 8. The Hall–Kier alpha value is -4.16. The van der Waals surface area contributed by atoms with Gasteiger partial charge in [-0.05, 0) is 92.5 Å². The van der Waals surface area contributed by atoms with Crippen LogP contribution in [0.15, 0.2) is 59.1 Å². The molecule has 2 aliphatic heterocycles. The van der Waals surface area contributed by atoms with Gasteiger partial charge in [-0.15, -0.1) is 9.46 Å². The number of fused-ring (bicyclic) bond motifs is 4. The minimum atomic E-state index is -3.59. The molecule has 3 heterocycles. The van der Waals surface area contributed by atoms with Crippen LogP contribution in [0, 0.1) is 24.7 Å². The molecule has 0 radical (unpaired) electrons. The number of nitrogens with zero attached hydrogens (tertiary/aromatic N) is 4. The van der Waals surface area contributed by atoms with Crippen molar-refractivity contribution in [3.8, 4) is 11.6 Å². The minimum absolute atomic E-state index is 0.000813. The smallest absolute Gasteiger partial charge is 0.286 e. The summed E-state index contributed by atoms with van der Waals surface area (Å²) in [7, 11) is 1.26. The molecule has 4 aliphatic rings. The van der Waals surface area contributed by atoms with E-state index in [4.69, 9.17) is 14.2 Å². The van der Waals surface area contributed by atoms with Crippen LogP contribution in [0.5, 0.6) is 11.6 Å². The number of rotatable bonds is 5. The molecule has 52 heavy (non-hydrogen) atoms. The molecule has 2 aromatic carbocycles. The Balaban J connectivity index is 1.31. The molecule has 1 aromatic heterocycles. The molecule has 1 fully saturated rings. The van der Waals surface area contributed by atoms with Crippen molar-refractivity contribution in [2.75, 3.05) is 44.6 Å². The van der Waals surface area contributed by atoms with Gasteiger partial charge in [0.25, 0.3) is 11.8 Å². The number of ether oxygens (including phenoxy) is 3. The Morgan fingerprint density at radius 3 is 2.77 bits per heavy atom. The van der Waals surface area contributed by atoms with Crippen LogP contribution in [0.4, 0.5) is 5.69 Å². The van der Waals surface area contributed by atoms with Crippen LogP contribution in [0.3, 0.4) is 0 Å². The highest BCUT2D eigenvalue weighted by Crippen LogP contribution is 2.47. The van der Waals surface area contributed by atoms with Crippen LogP contribution < -0.4 is 19.1 Å². The maximum absolute atomic E-state index is 14.7. The van der Waals surface area contributed by atoms with E-state index in [1.54, 1.807) is 20.2 Å². The topological polar surface area (TPSA) is 124 Å². The fourth-order valence-electron chi connectivity index (χ4n) is 8.68. The summed E-state index contributed by atoms with van der Waals surface area (Å²) < 4.78 is 41.2. The zero-order valence-corrected chi connectivity index (χ0v) is 31.7. The van der Waals surface area contributed by atoms with Crippen LogP contribution in [0.1, 0.15) is 82.9 Å². The summed E-state index contributed by atoms with van der Waals surface area (Å²) in [6, 6.07) is 12.2. The maximum Gasteiger partial charge on any atom is 0.286 e. The quantitative estimate of drug-likeness (QED) is 0.309. The van der Waals surface area contributed by atoms with E-state index in [9.17, 15) is 13.8 Å². The largest absolute Gasteiger partial charge is 0.490 e. The van der Waals surface area contributed by atoms with Gasteiger partial charge in [-0.3, -0.25) is 19.0 Å². The number of benzene rings is 2. The molecule has 1 N–H and O–H groups in total.